The molecule has 0 aromatic carbocycles. The molecular formula is C15H22N2O3S. The first-order chi connectivity index (χ1) is 10.0. The predicted octanol–water partition coefficient (Wildman–Crippen LogP) is 2.16. The van der Waals surface area contributed by atoms with Crippen molar-refractivity contribution in [3.63, 3.8) is 0 Å². The van der Waals surface area contributed by atoms with Crippen LogP contribution in [-0.4, -0.2) is 30.4 Å². The zero-order chi connectivity index (χ0) is 15.5. The standard InChI is InChI=1S/C15H22N2O3S/c1-3-16(4-2)21(19,20)14-10-11-15(18)17(12-14)13-8-6-5-7-9-13/h6,8,10-13H,3-5,7,9H2,1-2H3. The Kier molecular flexibility index (Phi) is 5.00. The molecular weight excluding hydrogens is 288 g/mol. The Bertz CT molecular complexity index is 672. The molecule has 6 heteroatoms. The Morgan fingerprint density at radius 3 is 2.57 bits per heavy atom. The Balaban J connectivity index is 2.45. The largest absolute Gasteiger partial charge is 0.307 e. The first kappa shape index (κ1) is 16.0. The van der Waals surface area contributed by atoms with Crippen molar-refractivity contribution in [3.8, 4) is 0 Å². The van der Waals surface area contributed by atoms with Gasteiger partial charge in [0.05, 0.1) is 10.9 Å². The van der Waals surface area contributed by atoms with Gasteiger partial charge in [0, 0.05) is 25.4 Å². The summed E-state index contributed by atoms with van der Waals surface area (Å²) in [6.45, 7) is 4.45. The van der Waals surface area contributed by atoms with Crippen LogP contribution in [0.3, 0.4) is 0 Å². The van der Waals surface area contributed by atoms with E-state index in [1.807, 2.05) is 12.2 Å². The lowest BCUT2D eigenvalue weighted by atomic mass is 10.0. The second kappa shape index (κ2) is 6.58. The summed E-state index contributed by atoms with van der Waals surface area (Å²) in [4.78, 5) is 12.2. The topological polar surface area (TPSA) is 59.4 Å². The van der Waals surface area contributed by atoms with E-state index in [1.54, 1.807) is 13.8 Å². The molecule has 5 nitrogen and oxygen atoms in total. The van der Waals surface area contributed by atoms with Crippen LogP contribution in [0.1, 0.15) is 39.2 Å². The molecule has 0 N–H and O–H groups in total. The lowest BCUT2D eigenvalue weighted by Gasteiger charge is -2.22. The van der Waals surface area contributed by atoms with Gasteiger partial charge in [-0.2, -0.15) is 4.31 Å². The third kappa shape index (κ3) is 3.27. The van der Waals surface area contributed by atoms with Gasteiger partial charge in [-0.1, -0.05) is 26.0 Å². The number of rotatable bonds is 5. The molecule has 21 heavy (non-hydrogen) atoms. The molecule has 1 aliphatic carbocycles. The fourth-order valence-electron chi connectivity index (χ4n) is 2.63. The van der Waals surface area contributed by atoms with Crippen molar-refractivity contribution in [2.24, 2.45) is 0 Å². The summed E-state index contributed by atoms with van der Waals surface area (Å²) < 4.78 is 28.0. The van der Waals surface area contributed by atoms with E-state index in [-0.39, 0.29) is 16.5 Å². The molecule has 116 valence electrons. The highest BCUT2D eigenvalue weighted by atomic mass is 32.2. The molecule has 0 saturated carbocycles. The molecule has 1 aromatic rings. The number of allylic oxidation sites excluding steroid dienone is 2. The maximum Gasteiger partial charge on any atom is 0.251 e. The van der Waals surface area contributed by atoms with Crippen LogP contribution < -0.4 is 5.56 Å². The van der Waals surface area contributed by atoms with Crippen molar-refractivity contribution in [2.75, 3.05) is 13.1 Å². The van der Waals surface area contributed by atoms with Crippen molar-refractivity contribution in [1.82, 2.24) is 8.87 Å². The minimum atomic E-state index is -3.53. The monoisotopic (exact) mass is 310 g/mol. The Morgan fingerprint density at radius 1 is 1.29 bits per heavy atom. The van der Waals surface area contributed by atoms with Gasteiger partial charge in [-0.15, -0.1) is 0 Å². The second-order valence-electron chi connectivity index (χ2n) is 5.13. The molecule has 0 spiro atoms. The second-order valence-corrected chi connectivity index (χ2v) is 7.06. The van der Waals surface area contributed by atoms with Crippen LogP contribution in [0.5, 0.6) is 0 Å². The minimum absolute atomic E-state index is 0.0434. The van der Waals surface area contributed by atoms with E-state index >= 15 is 0 Å². The number of sulfonamides is 1. The van der Waals surface area contributed by atoms with Gasteiger partial charge in [-0.3, -0.25) is 4.79 Å². The highest BCUT2D eigenvalue weighted by molar-refractivity contribution is 7.89. The SMILES string of the molecule is CCN(CC)S(=O)(=O)c1ccc(=O)n(C2C=CCCC2)c1. The fraction of sp³-hybridized carbons (Fsp3) is 0.533. The first-order valence-corrected chi connectivity index (χ1v) is 8.83. The van der Waals surface area contributed by atoms with E-state index in [0.29, 0.717) is 13.1 Å². The lowest BCUT2D eigenvalue weighted by molar-refractivity contribution is 0.442. The summed E-state index contributed by atoms with van der Waals surface area (Å²) in [7, 11) is -3.53. The van der Waals surface area contributed by atoms with Gasteiger partial charge in [0.25, 0.3) is 5.56 Å². The minimum Gasteiger partial charge on any atom is -0.307 e. The summed E-state index contributed by atoms with van der Waals surface area (Å²) in [5.41, 5.74) is -0.162. The molecule has 1 aromatic heterocycles. The maximum absolute atomic E-state index is 12.5. The van der Waals surface area contributed by atoms with Crippen molar-refractivity contribution in [1.29, 1.82) is 0 Å². The molecule has 1 aliphatic rings. The molecule has 0 saturated heterocycles. The number of hydrogen-bond donors (Lipinski definition) is 0. The first-order valence-electron chi connectivity index (χ1n) is 7.39. The summed E-state index contributed by atoms with van der Waals surface area (Å²) in [6.07, 6.45) is 8.41. The smallest absolute Gasteiger partial charge is 0.251 e. The number of hydrogen-bond acceptors (Lipinski definition) is 3. The molecule has 0 bridgehead atoms. The molecule has 1 heterocycles. The van der Waals surface area contributed by atoms with Crippen LogP contribution in [0, 0.1) is 0 Å². The number of pyridine rings is 1. The maximum atomic E-state index is 12.5. The van der Waals surface area contributed by atoms with E-state index < -0.39 is 10.0 Å². The molecule has 1 unspecified atom stereocenters. The van der Waals surface area contributed by atoms with Gasteiger partial charge in [-0.25, -0.2) is 8.42 Å². The van der Waals surface area contributed by atoms with Gasteiger partial charge >= 0.3 is 0 Å². The zero-order valence-corrected chi connectivity index (χ0v) is 13.3. The van der Waals surface area contributed by atoms with Crippen LogP contribution in [0.25, 0.3) is 0 Å². The van der Waals surface area contributed by atoms with E-state index in [9.17, 15) is 13.2 Å². The number of aromatic nitrogens is 1. The third-order valence-corrected chi connectivity index (χ3v) is 5.87. The highest BCUT2D eigenvalue weighted by Gasteiger charge is 2.23. The van der Waals surface area contributed by atoms with E-state index in [4.69, 9.17) is 0 Å². The number of nitrogens with zero attached hydrogens (tertiary/aromatic N) is 2. The van der Waals surface area contributed by atoms with Gasteiger partial charge < -0.3 is 4.57 Å². The molecule has 0 aliphatic heterocycles. The molecule has 0 radical (unpaired) electrons. The molecule has 2 rings (SSSR count). The normalized spacial score (nSPS) is 19.1. The summed E-state index contributed by atoms with van der Waals surface area (Å²) in [6, 6.07) is 2.70. The van der Waals surface area contributed by atoms with Gasteiger partial charge in [0.1, 0.15) is 0 Å². The van der Waals surface area contributed by atoms with Crippen molar-refractivity contribution >= 4 is 10.0 Å². The van der Waals surface area contributed by atoms with Crippen molar-refractivity contribution in [2.45, 2.75) is 44.0 Å². The Labute approximate surface area is 125 Å². The van der Waals surface area contributed by atoms with Crippen LogP contribution in [-0.2, 0) is 10.0 Å². The van der Waals surface area contributed by atoms with E-state index in [2.05, 4.69) is 0 Å². The van der Waals surface area contributed by atoms with Crippen molar-refractivity contribution in [3.05, 3.63) is 40.8 Å². The van der Waals surface area contributed by atoms with Gasteiger partial charge in [0.15, 0.2) is 0 Å². The van der Waals surface area contributed by atoms with Gasteiger partial charge in [-0.05, 0) is 25.3 Å². The third-order valence-electron chi connectivity index (χ3n) is 3.84. The average Bonchev–Trinajstić information content (AvgIpc) is 2.49. The molecule has 0 fully saturated rings. The van der Waals surface area contributed by atoms with Gasteiger partial charge in [0.2, 0.25) is 10.0 Å². The zero-order valence-electron chi connectivity index (χ0n) is 12.5. The Morgan fingerprint density at radius 2 is 2.00 bits per heavy atom. The van der Waals surface area contributed by atoms with Crippen LogP contribution >= 0.6 is 0 Å². The molecule has 0 amide bonds. The van der Waals surface area contributed by atoms with E-state index in [1.165, 1.54) is 27.2 Å². The van der Waals surface area contributed by atoms with Crippen molar-refractivity contribution < 1.29 is 8.42 Å². The quantitative estimate of drug-likeness (QED) is 0.783. The van der Waals surface area contributed by atoms with Crippen LogP contribution in [0.2, 0.25) is 0 Å². The fourth-order valence-corrected chi connectivity index (χ4v) is 4.10. The summed E-state index contributed by atoms with van der Waals surface area (Å²) >= 11 is 0. The lowest BCUT2D eigenvalue weighted by Crippen LogP contribution is -2.32. The summed E-state index contributed by atoms with van der Waals surface area (Å²) in [5, 5.41) is 0. The Hall–Kier alpha value is -1.40. The van der Waals surface area contributed by atoms with E-state index in [0.717, 1.165) is 19.3 Å². The average molecular weight is 310 g/mol. The predicted molar refractivity (Wildman–Crippen MR) is 82.8 cm³/mol. The highest BCUT2D eigenvalue weighted by Crippen LogP contribution is 2.22. The van der Waals surface area contributed by atoms with Crippen LogP contribution in [0.4, 0.5) is 0 Å². The summed E-state index contributed by atoms with van der Waals surface area (Å²) in [5.74, 6) is 0. The molecule has 1 atom stereocenters. The van der Waals surface area contributed by atoms with Crippen LogP contribution in [0.15, 0.2) is 40.2 Å².